The van der Waals surface area contributed by atoms with E-state index >= 15 is 0 Å². The van der Waals surface area contributed by atoms with Crippen LogP contribution in [0.2, 0.25) is 0 Å². The quantitative estimate of drug-likeness (QED) is 0.289. The van der Waals surface area contributed by atoms with Crippen LogP contribution < -0.4 is 0 Å². The van der Waals surface area contributed by atoms with Gasteiger partial charge in [-0.1, -0.05) is 0 Å². The Morgan fingerprint density at radius 1 is 1.22 bits per heavy atom. The predicted octanol–water partition coefficient (Wildman–Crippen LogP) is 0.360. The van der Waals surface area contributed by atoms with Crippen LogP contribution in [0.15, 0.2) is 11.8 Å². The second-order valence-electron chi connectivity index (χ2n) is 1.89. The summed E-state index contributed by atoms with van der Waals surface area (Å²) in [5, 5.41) is 8.30. The van der Waals surface area contributed by atoms with Crippen molar-refractivity contribution in [2.75, 3.05) is 0 Å². The molecule has 1 N–H and O–H groups in total. The predicted molar refractivity (Wildman–Crippen MR) is 30.0 cm³/mol. The van der Waals surface area contributed by atoms with E-state index in [1.807, 2.05) is 0 Å². The molecule has 0 aromatic carbocycles. The van der Waals surface area contributed by atoms with Crippen molar-refractivity contribution in [2.24, 2.45) is 0 Å². The SMILES string of the molecule is O=C1CCC(=O)C1=CO. The van der Waals surface area contributed by atoms with Crippen LogP contribution >= 0.6 is 0 Å². The first-order chi connectivity index (χ1) is 4.25. The number of aliphatic hydroxyl groups excluding tert-OH is 1. The Labute approximate surface area is 52.0 Å². The van der Waals surface area contributed by atoms with Crippen LogP contribution in [-0.2, 0) is 9.59 Å². The van der Waals surface area contributed by atoms with Crippen molar-refractivity contribution in [1.82, 2.24) is 0 Å². The summed E-state index contributed by atoms with van der Waals surface area (Å²) in [4.78, 5) is 21.1. The van der Waals surface area contributed by atoms with Gasteiger partial charge in [0.25, 0.3) is 0 Å². The molecule has 1 aliphatic rings. The van der Waals surface area contributed by atoms with Crippen LogP contribution in [0.25, 0.3) is 0 Å². The van der Waals surface area contributed by atoms with Crippen LogP contribution in [0, 0.1) is 0 Å². The van der Waals surface area contributed by atoms with Crippen molar-refractivity contribution in [3.63, 3.8) is 0 Å². The molecule has 1 saturated carbocycles. The van der Waals surface area contributed by atoms with Crippen molar-refractivity contribution in [3.8, 4) is 0 Å². The van der Waals surface area contributed by atoms with E-state index in [0.29, 0.717) is 6.26 Å². The Balaban J connectivity index is 2.91. The van der Waals surface area contributed by atoms with Gasteiger partial charge in [0.2, 0.25) is 0 Å². The van der Waals surface area contributed by atoms with Crippen molar-refractivity contribution < 1.29 is 14.7 Å². The van der Waals surface area contributed by atoms with Gasteiger partial charge in [0.15, 0.2) is 11.6 Å². The molecule has 0 amide bonds. The minimum Gasteiger partial charge on any atom is -0.515 e. The first-order valence-corrected chi connectivity index (χ1v) is 2.66. The third-order valence-corrected chi connectivity index (χ3v) is 1.31. The van der Waals surface area contributed by atoms with Gasteiger partial charge in [0.05, 0.1) is 11.8 Å². The van der Waals surface area contributed by atoms with E-state index in [1.165, 1.54) is 0 Å². The molecule has 0 heterocycles. The molecule has 0 saturated heterocycles. The Morgan fingerprint density at radius 3 is 1.89 bits per heavy atom. The van der Waals surface area contributed by atoms with Crippen LogP contribution in [0.3, 0.4) is 0 Å². The third kappa shape index (κ3) is 0.850. The highest BCUT2D eigenvalue weighted by Gasteiger charge is 2.25. The molecule has 1 fully saturated rings. The summed E-state index contributed by atoms with van der Waals surface area (Å²) in [6, 6.07) is 0. The zero-order valence-corrected chi connectivity index (χ0v) is 4.76. The molecule has 48 valence electrons. The fraction of sp³-hybridized carbons (Fsp3) is 0.333. The highest BCUT2D eigenvalue weighted by molar-refractivity contribution is 6.24. The average molecular weight is 126 g/mol. The third-order valence-electron chi connectivity index (χ3n) is 1.31. The van der Waals surface area contributed by atoms with Crippen molar-refractivity contribution in [1.29, 1.82) is 0 Å². The van der Waals surface area contributed by atoms with E-state index in [4.69, 9.17) is 5.11 Å². The fourth-order valence-electron chi connectivity index (χ4n) is 0.796. The Kier molecular flexibility index (Phi) is 1.34. The normalized spacial score (nSPS) is 18.9. The number of carbonyl (C=O) groups excluding carboxylic acids is 2. The standard InChI is InChI=1S/C6H6O3/c7-3-4-5(8)1-2-6(4)9/h3,7H,1-2H2. The van der Waals surface area contributed by atoms with Gasteiger partial charge in [-0.25, -0.2) is 0 Å². The molecular formula is C6H6O3. The molecule has 3 heteroatoms. The van der Waals surface area contributed by atoms with Gasteiger partial charge in [-0.2, -0.15) is 0 Å². The van der Waals surface area contributed by atoms with Gasteiger partial charge >= 0.3 is 0 Å². The van der Waals surface area contributed by atoms with Crippen molar-refractivity contribution in [3.05, 3.63) is 11.8 Å². The van der Waals surface area contributed by atoms with E-state index in [2.05, 4.69) is 0 Å². The molecule has 0 radical (unpaired) electrons. The molecule has 3 nitrogen and oxygen atoms in total. The van der Waals surface area contributed by atoms with E-state index in [0.717, 1.165) is 0 Å². The molecule has 0 unspecified atom stereocenters. The van der Waals surface area contributed by atoms with Gasteiger partial charge in [-0.05, 0) is 0 Å². The molecule has 0 spiro atoms. The first-order valence-electron chi connectivity index (χ1n) is 2.66. The van der Waals surface area contributed by atoms with Crippen LogP contribution in [0.1, 0.15) is 12.8 Å². The maximum Gasteiger partial charge on any atom is 0.170 e. The van der Waals surface area contributed by atoms with Crippen molar-refractivity contribution >= 4 is 11.6 Å². The number of ketones is 2. The zero-order chi connectivity index (χ0) is 6.85. The Bertz CT molecular complexity index is 172. The summed E-state index contributed by atoms with van der Waals surface area (Å²) in [5.41, 5.74) is -0.0463. The molecule has 1 rings (SSSR count). The summed E-state index contributed by atoms with van der Waals surface area (Å²) >= 11 is 0. The zero-order valence-electron chi connectivity index (χ0n) is 4.76. The molecule has 1 aliphatic carbocycles. The molecule has 0 bridgehead atoms. The average Bonchev–Trinajstić information content (AvgIpc) is 2.12. The summed E-state index contributed by atoms with van der Waals surface area (Å²) in [5.74, 6) is -0.495. The van der Waals surface area contributed by atoms with Gasteiger partial charge in [0.1, 0.15) is 0 Å². The molecule has 0 aliphatic heterocycles. The van der Waals surface area contributed by atoms with E-state index < -0.39 is 0 Å². The fourth-order valence-corrected chi connectivity index (χ4v) is 0.796. The number of allylic oxidation sites excluding steroid dienone is 1. The van der Waals surface area contributed by atoms with Gasteiger partial charge in [-0.15, -0.1) is 0 Å². The molecule has 0 aromatic rings. The minimum atomic E-state index is -0.248. The number of aliphatic hydroxyl groups is 1. The highest BCUT2D eigenvalue weighted by Crippen LogP contribution is 2.15. The first kappa shape index (κ1) is 6.01. The topological polar surface area (TPSA) is 54.4 Å². The second-order valence-corrected chi connectivity index (χ2v) is 1.89. The molecular weight excluding hydrogens is 120 g/mol. The lowest BCUT2D eigenvalue weighted by Crippen LogP contribution is -1.98. The monoisotopic (exact) mass is 126 g/mol. The Morgan fingerprint density at radius 2 is 1.67 bits per heavy atom. The van der Waals surface area contributed by atoms with Crippen molar-refractivity contribution in [2.45, 2.75) is 12.8 Å². The van der Waals surface area contributed by atoms with Gasteiger partial charge < -0.3 is 5.11 Å². The summed E-state index contributed by atoms with van der Waals surface area (Å²) in [7, 11) is 0. The molecule has 0 aromatic heterocycles. The summed E-state index contributed by atoms with van der Waals surface area (Å²) < 4.78 is 0. The highest BCUT2D eigenvalue weighted by atomic mass is 16.2. The summed E-state index contributed by atoms with van der Waals surface area (Å²) in [6.07, 6.45) is 1.11. The number of Topliss-reactive ketones (excluding diaryl/α,β-unsaturated/α-hetero) is 2. The Hall–Kier alpha value is -1.12. The smallest absolute Gasteiger partial charge is 0.170 e. The van der Waals surface area contributed by atoms with Crippen LogP contribution in [0.5, 0.6) is 0 Å². The van der Waals surface area contributed by atoms with Crippen LogP contribution in [-0.4, -0.2) is 16.7 Å². The van der Waals surface area contributed by atoms with E-state index in [1.54, 1.807) is 0 Å². The number of carbonyl (C=O) groups is 2. The molecule has 0 atom stereocenters. The lowest BCUT2D eigenvalue weighted by molar-refractivity contribution is -0.116. The van der Waals surface area contributed by atoms with E-state index in [9.17, 15) is 9.59 Å². The van der Waals surface area contributed by atoms with Crippen LogP contribution in [0.4, 0.5) is 0 Å². The summed E-state index contributed by atoms with van der Waals surface area (Å²) in [6.45, 7) is 0. The lowest BCUT2D eigenvalue weighted by Gasteiger charge is -1.83. The maximum atomic E-state index is 10.6. The van der Waals surface area contributed by atoms with E-state index in [-0.39, 0.29) is 30.0 Å². The van der Waals surface area contributed by atoms with Gasteiger partial charge in [0, 0.05) is 12.8 Å². The minimum absolute atomic E-state index is 0.0463. The molecule has 9 heavy (non-hydrogen) atoms. The number of rotatable bonds is 0. The van der Waals surface area contributed by atoms with Gasteiger partial charge in [-0.3, -0.25) is 9.59 Å². The maximum absolute atomic E-state index is 10.6. The largest absolute Gasteiger partial charge is 0.515 e. The lowest BCUT2D eigenvalue weighted by atomic mass is 10.2. The number of hydrogen-bond donors (Lipinski definition) is 1. The second kappa shape index (κ2) is 2.01. The number of hydrogen-bond acceptors (Lipinski definition) is 3.